The highest BCUT2D eigenvalue weighted by Gasteiger charge is 2.23. The Balaban J connectivity index is 1.74. The van der Waals surface area contributed by atoms with Gasteiger partial charge in [-0.15, -0.1) is 0 Å². The monoisotopic (exact) mass is 290 g/mol. The molecule has 0 saturated heterocycles. The van der Waals surface area contributed by atoms with E-state index in [0.717, 1.165) is 0 Å². The second kappa shape index (κ2) is 7.22. The summed E-state index contributed by atoms with van der Waals surface area (Å²) in [7, 11) is 0. The van der Waals surface area contributed by atoms with Gasteiger partial charge in [0.2, 0.25) is 5.91 Å². The normalized spacial score (nSPS) is 18.6. The summed E-state index contributed by atoms with van der Waals surface area (Å²) in [5.74, 6) is -1.15. The summed E-state index contributed by atoms with van der Waals surface area (Å²) in [5.41, 5.74) is 2.47. The van der Waals surface area contributed by atoms with Crippen LogP contribution in [0.4, 0.5) is 0 Å². The molecule has 5 heteroatoms. The third kappa shape index (κ3) is 4.29. The van der Waals surface area contributed by atoms with E-state index in [1.165, 1.54) is 11.1 Å². The summed E-state index contributed by atoms with van der Waals surface area (Å²) in [6, 6.07) is 7.93. The number of amides is 1. The lowest BCUT2D eigenvalue weighted by Gasteiger charge is -2.25. The number of aliphatic carboxylic acids is 1. The van der Waals surface area contributed by atoms with Gasteiger partial charge in [-0.25, -0.2) is 0 Å². The van der Waals surface area contributed by atoms with Crippen LogP contribution in [0.5, 0.6) is 0 Å². The molecule has 5 nitrogen and oxygen atoms in total. The first kappa shape index (κ1) is 15.5. The third-order valence-electron chi connectivity index (χ3n) is 3.93. The molecule has 3 N–H and O–H groups in total. The fourth-order valence-electron chi connectivity index (χ4n) is 2.51. The Labute approximate surface area is 124 Å². The number of nitrogens with one attached hydrogen (secondary N) is 2. The Morgan fingerprint density at radius 2 is 2.10 bits per heavy atom. The Morgan fingerprint density at radius 3 is 2.81 bits per heavy atom. The second-order valence-electron chi connectivity index (χ2n) is 5.58. The lowest BCUT2D eigenvalue weighted by molar-refractivity contribution is -0.141. The largest absolute Gasteiger partial charge is 0.481 e. The highest BCUT2D eigenvalue weighted by atomic mass is 16.4. The summed E-state index contributed by atoms with van der Waals surface area (Å²) in [5, 5.41) is 14.9. The Kier molecular flexibility index (Phi) is 5.33. The van der Waals surface area contributed by atoms with E-state index < -0.39 is 5.97 Å². The van der Waals surface area contributed by atoms with Gasteiger partial charge < -0.3 is 15.7 Å². The molecule has 1 heterocycles. The van der Waals surface area contributed by atoms with Crippen LogP contribution in [0.15, 0.2) is 24.3 Å². The number of hydrogen-bond donors (Lipinski definition) is 3. The number of carboxylic acids is 1. The first-order chi connectivity index (χ1) is 10.1. The van der Waals surface area contributed by atoms with Crippen molar-refractivity contribution < 1.29 is 14.7 Å². The molecule has 21 heavy (non-hydrogen) atoms. The maximum atomic E-state index is 12.1. The molecule has 0 spiro atoms. The maximum Gasteiger partial charge on any atom is 0.306 e. The van der Waals surface area contributed by atoms with Gasteiger partial charge in [0.05, 0.1) is 12.0 Å². The van der Waals surface area contributed by atoms with E-state index in [4.69, 9.17) is 5.11 Å². The van der Waals surface area contributed by atoms with Crippen molar-refractivity contribution in [2.45, 2.75) is 38.8 Å². The van der Waals surface area contributed by atoms with Gasteiger partial charge >= 0.3 is 5.97 Å². The topological polar surface area (TPSA) is 78.4 Å². The van der Waals surface area contributed by atoms with Gasteiger partial charge in [0, 0.05) is 13.1 Å². The molecule has 114 valence electrons. The van der Waals surface area contributed by atoms with Crippen molar-refractivity contribution in [2.75, 3.05) is 6.54 Å². The molecule has 1 amide bonds. The molecule has 1 aliphatic rings. The number of carbonyl (C=O) groups is 2. The lowest BCUT2D eigenvalue weighted by Crippen LogP contribution is -2.47. The number of carbonyl (C=O) groups excluding carboxylic acids is 1. The zero-order chi connectivity index (χ0) is 15.2. The van der Waals surface area contributed by atoms with Crippen molar-refractivity contribution in [3.8, 4) is 0 Å². The average molecular weight is 290 g/mol. The van der Waals surface area contributed by atoms with Crippen LogP contribution in [0.25, 0.3) is 0 Å². The predicted molar refractivity (Wildman–Crippen MR) is 79.8 cm³/mol. The third-order valence-corrected chi connectivity index (χ3v) is 3.93. The molecule has 0 saturated carbocycles. The minimum Gasteiger partial charge on any atom is -0.481 e. The summed E-state index contributed by atoms with van der Waals surface area (Å²) in [6.45, 7) is 2.92. The summed E-state index contributed by atoms with van der Waals surface area (Å²) in [6.07, 6.45) is 1.96. The van der Waals surface area contributed by atoms with Gasteiger partial charge in [-0.05, 0) is 30.4 Å². The summed E-state index contributed by atoms with van der Waals surface area (Å²) in [4.78, 5) is 22.8. The van der Waals surface area contributed by atoms with Crippen LogP contribution in [0, 0.1) is 5.92 Å². The molecule has 0 fully saturated rings. The van der Waals surface area contributed by atoms with Gasteiger partial charge in [-0.3, -0.25) is 9.59 Å². The highest BCUT2D eigenvalue weighted by Crippen LogP contribution is 2.16. The van der Waals surface area contributed by atoms with E-state index in [9.17, 15) is 9.59 Å². The van der Waals surface area contributed by atoms with E-state index in [1.807, 2.05) is 12.1 Å². The number of benzene rings is 1. The Morgan fingerprint density at radius 1 is 1.38 bits per heavy atom. The Hall–Kier alpha value is -1.88. The average Bonchev–Trinajstić information content (AvgIpc) is 2.50. The van der Waals surface area contributed by atoms with Crippen LogP contribution in [-0.4, -0.2) is 29.6 Å². The lowest BCUT2D eigenvalue weighted by atomic mass is 9.95. The maximum absolute atomic E-state index is 12.1. The van der Waals surface area contributed by atoms with Gasteiger partial charge in [0.25, 0.3) is 0 Å². The molecule has 1 unspecified atom stereocenters. The van der Waals surface area contributed by atoms with E-state index >= 15 is 0 Å². The number of rotatable bonds is 6. The molecule has 0 radical (unpaired) electrons. The molecule has 2 atom stereocenters. The van der Waals surface area contributed by atoms with Gasteiger partial charge in [-0.1, -0.05) is 31.2 Å². The van der Waals surface area contributed by atoms with Gasteiger partial charge in [0.1, 0.15) is 0 Å². The molecular formula is C16H22N2O3. The van der Waals surface area contributed by atoms with Crippen molar-refractivity contribution in [1.82, 2.24) is 10.6 Å². The van der Waals surface area contributed by atoms with Crippen molar-refractivity contribution in [3.63, 3.8) is 0 Å². The highest BCUT2D eigenvalue weighted by molar-refractivity contribution is 5.82. The predicted octanol–water partition coefficient (Wildman–Crippen LogP) is 1.32. The quantitative estimate of drug-likeness (QED) is 0.690. The van der Waals surface area contributed by atoms with E-state index in [0.29, 0.717) is 32.4 Å². The molecular weight excluding hydrogens is 268 g/mol. The standard InChI is InChI=1S/C16H22N2O3/c1-11(16(20)21)5-4-8-17-15(19)14-9-12-6-2-3-7-13(12)10-18-14/h2-3,6-7,11,14,18H,4-5,8-10H2,1H3,(H,17,19)(H,20,21)/t11?,14-/m0/s1. The second-order valence-corrected chi connectivity index (χ2v) is 5.58. The SMILES string of the molecule is CC(CCCNC(=O)[C@@H]1Cc2ccccc2CN1)C(=O)O. The number of fused-ring (bicyclic) bond motifs is 1. The zero-order valence-electron chi connectivity index (χ0n) is 12.3. The van der Waals surface area contributed by atoms with Crippen molar-refractivity contribution in [1.29, 1.82) is 0 Å². The molecule has 0 aliphatic carbocycles. The van der Waals surface area contributed by atoms with Crippen molar-refractivity contribution in [3.05, 3.63) is 35.4 Å². The zero-order valence-corrected chi connectivity index (χ0v) is 12.3. The van der Waals surface area contributed by atoms with Gasteiger partial charge in [0.15, 0.2) is 0 Å². The minimum absolute atomic E-state index is 0.00696. The molecule has 0 bridgehead atoms. The van der Waals surface area contributed by atoms with Crippen molar-refractivity contribution in [2.24, 2.45) is 5.92 Å². The molecule has 2 rings (SSSR count). The smallest absolute Gasteiger partial charge is 0.306 e. The van der Waals surface area contributed by atoms with E-state index in [2.05, 4.69) is 22.8 Å². The number of carboxylic acid groups (broad SMARTS) is 1. The summed E-state index contributed by atoms with van der Waals surface area (Å²) >= 11 is 0. The van der Waals surface area contributed by atoms with Crippen LogP contribution in [0.3, 0.4) is 0 Å². The minimum atomic E-state index is -0.785. The van der Waals surface area contributed by atoms with Crippen molar-refractivity contribution >= 4 is 11.9 Å². The first-order valence-corrected chi connectivity index (χ1v) is 7.38. The molecule has 0 aromatic heterocycles. The van der Waals surface area contributed by atoms with Crippen LogP contribution < -0.4 is 10.6 Å². The fourth-order valence-corrected chi connectivity index (χ4v) is 2.51. The van der Waals surface area contributed by atoms with Crippen LogP contribution in [0.1, 0.15) is 30.9 Å². The van der Waals surface area contributed by atoms with Gasteiger partial charge in [-0.2, -0.15) is 0 Å². The summed E-state index contributed by atoms with van der Waals surface area (Å²) < 4.78 is 0. The molecule has 1 aliphatic heterocycles. The molecule has 1 aromatic rings. The van der Waals surface area contributed by atoms with Crippen LogP contribution >= 0.6 is 0 Å². The van der Waals surface area contributed by atoms with E-state index in [1.54, 1.807) is 6.92 Å². The van der Waals surface area contributed by atoms with Crippen LogP contribution in [-0.2, 0) is 22.6 Å². The Bertz CT molecular complexity index is 516. The number of hydrogen-bond acceptors (Lipinski definition) is 3. The van der Waals surface area contributed by atoms with Crippen LogP contribution in [0.2, 0.25) is 0 Å². The fraction of sp³-hybridized carbons (Fsp3) is 0.500. The van der Waals surface area contributed by atoms with E-state index in [-0.39, 0.29) is 17.9 Å². The first-order valence-electron chi connectivity index (χ1n) is 7.38. The molecule has 1 aromatic carbocycles.